The largest absolute Gasteiger partial charge is 0.456 e. The summed E-state index contributed by atoms with van der Waals surface area (Å²) in [5, 5.41) is 3.36. The van der Waals surface area contributed by atoms with Gasteiger partial charge in [0.25, 0.3) is 0 Å². The Morgan fingerprint density at radius 2 is 2.28 bits per heavy atom. The molecule has 0 spiro atoms. The number of morpholine rings is 1. The summed E-state index contributed by atoms with van der Waals surface area (Å²) in [5.41, 5.74) is 0.876. The van der Waals surface area contributed by atoms with Crippen LogP contribution in [-0.4, -0.2) is 53.4 Å². The highest BCUT2D eigenvalue weighted by molar-refractivity contribution is 5.18. The molecule has 98 valence electrons. The molecule has 1 saturated heterocycles. The van der Waals surface area contributed by atoms with E-state index in [4.69, 9.17) is 9.47 Å². The Morgan fingerprint density at radius 3 is 3.17 bits per heavy atom. The van der Waals surface area contributed by atoms with Gasteiger partial charge in [0.2, 0.25) is 5.88 Å². The minimum atomic E-state index is 0.00171. The third-order valence-electron chi connectivity index (χ3n) is 3.38. The topological polar surface area (TPSA) is 59.5 Å². The van der Waals surface area contributed by atoms with Gasteiger partial charge in [-0.15, -0.1) is 0 Å². The molecule has 1 aromatic rings. The lowest BCUT2D eigenvalue weighted by atomic mass is 10.2. The van der Waals surface area contributed by atoms with E-state index in [1.54, 1.807) is 12.4 Å². The Labute approximate surface area is 106 Å². The molecule has 1 fully saturated rings. The third kappa shape index (κ3) is 2.31. The quantitative estimate of drug-likeness (QED) is 0.757. The minimum Gasteiger partial charge on any atom is -0.456 e. The second kappa shape index (κ2) is 5.17. The summed E-state index contributed by atoms with van der Waals surface area (Å²) < 4.78 is 11.5. The van der Waals surface area contributed by atoms with E-state index in [9.17, 15) is 0 Å². The molecule has 2 atom stereocenters. The van der Waals surface area contributed by atoms with E-state index in [1.165, 1.54) is 0 Å². The zero-order valence-electron chi connectivity index (χ0n) is 10.5. The van der Waals surface area contributed by atoms with Crippen LogP contribution in [0.4, 0.5) is 0 Å². The van der Waals surface area contributed by atoms with E-state index >= 15 is 0 Å². The van der Waals surface area contributed by atoms with Crippen molar-refractivity contribution >= 4 is 0 Å². The van der Waals surface area contributed by atoms with Crippen molar-refractivity contribution < 1.29 is 9.47 Å². The van der Waals surface area contributed by atoms with Gasteiger partial charge in [0.1, 0.15) is 5.69 Å². The molecular weight excluding hydrogens is 232 g/mol. The van der Waals surface area contributed by atoms with Crippen molar-refractivity contribution in [1.29, 1.82) is 0 Å². The number of nitrogens with one attached hydrogen (secondary N) is 1. The van der Waals surface area contributed by atoms with Crippen LogP contribution in [0, 0.1) is 0 Å². The van der Waals surface area contributed by atoms with E-state index in [0.29, 0.717) is 18.5 Å². The van der Waals surface area contributed by atoms with Gasteiger partial charge in [-0.2, -0.15) is 0 Å². The molecule has 0 aliphatic carbocycles. The molecule has 0 aromatic carbocycles. The molecule has 1 aromatic heterocycles. The number of nitrogens with zero attached hydrogens (tertiary/aromatic N) is 3. The Balaban J connectivity index is 1.78. The smallest absolute Gasteiger partial charge is 0.238 e. The Kier molecular flexibility index (Phi) is 3.40. The van der Waals surface area contributed by atoms with E-state index in [-0.39, 0.29) is 6.23 Å². The first-order chi connectivity index (χ1) is 8.84. The van der Waals surface area contributed by atoms with Crippen molar-refractivity contribution in [1.82, 2.24) is 20.2 Å². The summed E-state index contributed by atoms with van der Waals surface area (Å²) in [7, 11) is 0. The van der Waals surface area contributed by atoms with Crippen LogP contribution in [0.25, 0.3) is 0 Å². The monoisotopic (exact) mass is 250 g/mol. The molecule has 6 nitrogen and oxygen atoms in total. The molecule has 6 heteroatoms. The van der Waals surface area contributed by atoms with Crippen LogP contribution in [0.2, 0.25) is 0 Å². The van der Waals surface area contributed by atoms with E-state index in [1.807, 2.05) is 0 Å². The van der Waals surface area contributed by atoms with Crippen LogP contribution in [0.3, 0.4) is 0 Å². The van der Waals surface area contributed by atoms with Crippen molar-refractivity contribution in [2.45, 2.75) is 25.7 Å². The molecule has 3 heterocycles. The molecule has 18 heavy (non-hydrogen) atoms. The molecule has 0 saturated carbocycles. The number of fused-ring (bicyclic) bond motifs is 1. The number of hydrogen-bond donors (Lipinski definition) is 1. The number of ether oxygens (including phenoxy) is 2. The fourth-order valence-electron chi connectivity index (χ4n) is 2.41. The zero-order chi connectivity index (χ0) is 12.4. The molecule has 0 radical (unpaired) electrons. The lowest BCUT2D eigenvalue weighted by Gasteiger charge is -2.38. The Hall–Kier alpha value is -1.24. The lowest BCUT2D eigenvalue weighted by molar-refractivity contribution is -0.0759. The average Bonchev–Trinajstić information content (AvgIpc) is 2.61. The highest BCUT2D eigenvalue weighted by atomic mass is 16.5. The second-order valence-corrected chi connectivity index (χ2v) is 4.67. The van der Waals surface area contributed by atoms with E-state index in [2.05, 4.69) is 27.1 Å². The molecule has 1 unspecified atom stereocenters. The van der Waals surface area contributed by atoms with Gasteiger partial charge >= 0.3 is 0 Å². The van der Waals surface area contributed by atoms with E-state index < -0.39 is 0 Å². The fourth-order valence-corrected chi connectivity index (χ4v) is 2.41. The van der Waals surface area contributed by atoms with Crippen LogP contribution in [0.1, 0.15) is 12.6 Å². The summed E-state index contributed by atoms with van der Waals surface area (Å²) in [6.07, 6.45) is 3.37. The van der Waals surface area contributed by atoms with Gasteiger partial charge in [-0.3, -0.25) is 9.88 Å². The summed E-state index contributed by atoms with van der Waals surface area (Å²) in [4.78, 5) is 10.9. The van der Waals surface area contributed by atoms with Gasteiger partial charge in [-0.1, -0.05) is 0 Å². The molecule has 1 N–H and O–H groups in total. The summed E-state index contributed by atoms with van der Waals surface area (Å²) in [6, 6.07) is 0.365. The van der Waals surface area contributed by atoms with Crippen LogP contribution in [-0.2, 0) is 11.3 Å². The maximum Gasteiger partial charge on any atom is 0.238 e. The Bertz CT molecular complexity index is 415. The van der Waals surface area contributed by atoms with Crippen LogP contribution in [0.5, 0.6) is 5.88 Å². The lowest BCUT2D eigenvalue weighted by Crippen LogP contribution is -2.54. The van der Waals surface area contributed by atoms with Gasteiger partial charge in [-0.25, -0.2) is 4.98 Å². The second-order valence-electron chi connectivity index (χ2n) is 4.67. The summed E-state index contributed by atoms with van der Waals surface area (Å²) in [5.74, 6) is 0.645. The number of hydrogen-bond acceptors (Lipinski definition) is 6. The molecular formula is C12H18N4O2. The molecule has 3 rings (SSSR count). The zero-order valence-corrected chi connectivity index (χ0v) is 10.5. The predicted octanol–water partition coefficient (Wildman–Crippen LogP) is 0.00540. The van der Waals surface area contributed by atoms with Gasteiger partial charge in [-0.05, 0) is 6.92 Å². The first kappa shape index (κ1) is 11.8. The molecule has 2 aliphatic heterocycles. The van der Waals surface area contributed by atoms with Crippen molar-refractivity contribution in [2.24, 2.45) is 0 Å². The maximum atomic E-state index is 6.00. The van der Waals surface area contributed by atoms with Crippen LogP contribution < -0.4 is 10.1 Å². The highest BCUT2D eigenvalue weighted by Crippen LogP contribution is 2.19. The van der Waals surface area contributed by atoms with Crippen molar-refractivity contribution in [2.75, 3.05) is 26.3 Å². The van der Waals surface area contributed by atoms with Crippen molar-refractivity contribution in [3.05, 3.63) is 18.1 Å². The maximum absolute atomic E-state index is 6.00. The van der Waals surface area contributed by atoms with Gasteiger partial charge in [0, 0.05) is 38.1 Å². The first-order valence-corrected chi connectivity index (χ1v) is 6.35. The molecule has 0 amide bonds. The number of aromatic nitrogens is 2. The first-order valence-electron chi connectivity index (χ1n) is 6.35. The normalized spacial score (nSPS) is 29.2. The third-order valence-corrected chi connectivity index (χ3v) is 3.38. The van der Waals surface area contributed by atoms with Gasteiger partial charge < -0.3 is 14.8 Å². The number of rotatable bonds is 1. The molecule has 2 aliphatic rings. The summed E-state index contributed by atoms with van der Waals surface area (Å²) in [6.45, 7) is 6.06. The highest BCUT2D eigenvalue weighted by Gasteiger charge is 2.30. The average molecular weight is 250 g/mol. The SMILES string of the molecule is C[C@@H]1COCCN1C1CNCc2nccnc2O1. The van der Waals surface area contributed by atoms with E-state index in [0.717, 1.165) is 32.0 Å². The minimum absolute atomic E-state index is 0.00171. The van der Waals surface area contributed by atoms with Crippen LogP contribution in [0.15, 0.2) is 12.4 Å². The van der Waals surface area contributed by atoms with Gasteiger partial charge in [0.05, 0.1) is 13.2 Å². The predicted molar refractivity (Wildman–Crippen MR) is 65.1 cm³/mol. The van der Waals surface area contributed by atoms with Gasteiger partial charge in [0.15, 0.2) is 6.23 Å². The standard InChI is InChI=1S/C12H18N4O2/c1-9-8-17-5-4-16(9)11-7-13-6-10-12(18-11)15-3-2-14-10/h2-3,9,11,13H,4-8H2,1H3/t9-,11?/m1/s1. The molecule has 0 bridgehead atoms. The van der Waals surface area contributed by atoms with Crippen molar-refractivity contribution in [3.8, 4) is 5.88 Å². The fraction of sp³-hybridized carbons (Fsp3) is 0.667. The summed E-state index contributed by atoms with van der Waals surface area (Å²) >= 11 is 0. The Morgan fingerprint density at radius 1 is 1.39 bits per heavy atom. The van der Waals surface area contributed by atoms with Crippen molar-refractivity contribution in [3.63, 3.8) is 0 Å². The van der Waals surface area contributed by atoms with Crippen LogP contribution >= 0.6 is 0 Å².